The van der Waals surface area contributed by atoms with Gasteiger partial charge in [0.15, 0.2) is 0 Å². The van der Waals surface area contributed by atoms with Gasteiger partial charge >= 0.3 is 0 Å². The molecule has 2 atom stereocenters. The number of aliphatic hydroxyl groups is 4. The fraction of sp³-hybridized carbons (Fsp3) is 0.833. The van der Waals surface area contributed by atoms with Crippen LogP contribution in [0.3, 0.4) is 0 Å². The Labute approximate surface area is 59.7 Å². The number of aliphatic hydroxyl groups excluding tert-OH is 3. The molecular weight excluding hydrogens is 136 g/mol. The lowest BCUT2D eigenvalue weighted by molar-refractivity contribution is 0.00709. The Hall–Kier alpha value is -0.160. The van der Waals surface area contributed by atoms with Crippen molar-refractivity contribution in [3.8, 4) is 0 Å². The zero-order chi connectivity index (χ0) is 8.15. The second kappa shape index (κ2) is 4.62. The van der Waals surface area contributed by atoms with Gasteiger partial charge in [0.25, 0.3) is 0 Å². The first-order chi connectivity index (χ1) is 4.57. The number of hydrogen-bond acceptors (Lipinski definition) is 4. The first kappa shape index (κ1) is 9.84. The van der Waals surface area contributed by atoms with Crippen molar-refractivity contribution in [2.24, 2.45) is 5.92 Å². The van der Waals surface area contributed by atoms with Crippen LogP contribution in [0.25, 0.3) is 0 Å². The Morgan fingerprint density at radius 1 is 1.40 bits per heavy atom. The second-order valence-corrected chi connectivity index (χ2v) is 2.33. The minimum Gasteiger partial charge on any atom is -0.394 e. The van der Waals surface area contributed by atoms with E-state index in [9.17, 15) is 0 Å². The molecule has 0 saturated carbocycles. The van der Waals surface area contributed by atoms with E-state index in [0.717, 1.165) is 0 Å². The van der Waals surface area contributed by atoms with Crippen molar-refractivity contribution >= 4 is 0 Å². The van der Waals surface area contributed by atoms with E-state index in [4.69, 9.17) is 20.4 Å². The van der Waals surface area contributed by atoms with Crippen LogP contribution in [0.1, 0.15) is 13.3 Å². The third-order valence-corrected chi connectivity index (χ3v) is 1.28. The molecule has 0 fully saturated rings. The zero-order valence-corrected chi connectivity index (χ0v) is 5.86. The van der Waals surface area contributed by atoms with Gasteiger partial charge in [-0.1, -0.05) is 6.92 Å². The maximum atomic E-state index is 8.79. The Balaban J connectivity index is 3.46. The molecule has 0 aromatic rings. The Morgan fingerprint density at radius 2 is 1.90 bits per heavy atom. The molecule has 10 heavy (non-hydrogen) atoms. The Morgan fingerprint density at radius 3 is 2.20 bits per heavy atom. The fourth-order valence-electron chi connectivity index (χ4n) is 0.588. The van der Waals surface area contributed by atoms with Crippen molar-refractivity contribution in [3.63, 3.8) is 0 Å². The molecule has 0 heterocycles. The van der Waals surface area contributed by atoms with Crippen molar-refractivity contribution in [1.82, 2.24) is 0 Å². The zero-order valence-electron chi connectivity index (χ0n) is 5.86. The summed E-state index contributed by atoms with van der Waals surface area (Å²) >= 11 is 0. The molecule has 0 bridgehead atoms. The molecule has 1 radical (unpaired) electrons. The molecule has 0 aliphatic rings. The maximum absolute atomic E-state index is 8.79. The van der Waals surface area contributed by atoms with Crippen LogP contribution in [0.2, 0.25) is 0 Å². The largest absolute Gasteiger partial charge is 0.394 e. The van der Waals surface area contributed by atoms with Gasteiger partial charge in [0.1, 0.15) is 0 Å². The molecule has 0 aromatic heterocycles. The van der Waals surface area contributed by atoms with Crippen LogP contribution in [0.15, 0.2) is 0 Å². The van der Waals surface area contributed by atoms with Gasteiger partial charge < -0.3 is 20.4 Å². The smallest absolute Gasteiger partial charge is 0.221 e. The lowest BCUT2D eigenvalue weighted by atomic mass is 10.0. The minimum absolute atomic E-state index is 0.166. The Bertz CT molecular complexity index is 83.8. The van der Waals surface area contributed by atoms with Gasteiger partial charge in [0.05, 0.1) is 12.7 Å². The lowest BCUT2D eigenvalue weighted by Gasteiger charge is -2.14. The first-order valence-corrected chi connectivity index (χ1v) is 3.11. The summed E-state index contributed by atoms with van der Waals surface area (Å²) in [5, 5.41) is 34.0. The summed E-state index contributed by atoms with van der Waals surface area (Å²) in [5.74, 6) is -0.484. The molecule has 0 aliphatic carbocycles. The Kier molecular flexibility index (Phi) is 4.55. The van der Waals surface area contributed by atoms with Crippen LogP contribution in [0.4, 0.5) is 0 Å². The second-order valence-electron chi connectivity index (χ2n) is 2.33. The maximum Gasteiger partial charge on any atom is 0.221 e. The summed E-state index contributed by atoms with van der Waals surface area (Å²) in [6.45, 7) is 1.20. The van der Waals surface area contributed by atoms with Crippen molar-refractivity contribution in [3.05, 3.63) is 6.29 Å². The summed E-state index contributed by atoms with van der Waals surface area (Å²) < 4.78 is 0. The average Bonchev–Trinajstić information content (AvgIpc) is 1.87. The highest BCUT2D eigenvalue weighted by Crippen LogP contribution is 2.13. The van der Waals surface area contributed by atoms with Gasteiger partial charge in [-0.3, -0.25) is 0 Å². The predicted molar refractivity (Wildman–Crippen MR) is 34.0 cm³/mol. The van der Waals surface area contributed by atoms with Gasteiger partial charge in [0.2, 0.25) is 6.29 Å². The highest BCUT2D eigenvalue weighted by Gasteiger charge is 2.16. The van der Waals surface area contributed by atoms with Crippen molar-refractivity contribution in [1.29, 1.82) is 0 Å². The third kappa shape index (κ3) is 3.79. The molecule has 0 amide bonds. The SMILES string of the molecule is CC(CC(O)CO)[C](O)O. The number of rotatable bonds is 4. The summed E-state index contributed by atoms with van der Waals surface area (Å²) in [6, 6.07) is 0. The fourth-order valence-corrected chi connectivity index (χ4v) is 0.588. The van der Waals surface area contributed by atoms with Crippen LogP contribution in [0.5, 0.6) is 0 Å². The van der Waals surface area contributed by atoms with Gasteiger partial charge in [-0.15, -0.1) is 0 Å². The minimum atomic E-state index is -0.871. The molecule has 4 N–H and O–H groups in total. The standard InChI is InChI=1S/C6H13O4/c1-4(6(9)10)2-5(8)3-7/h4-5,7-10H,2-3H2,1H3. The normalized spacial score (nSPS) is 17.4. The first-order valence-electron chi connectivity index (χ1n) is 3.11. The van der Waals surface area contributed by atoms with Gasteiger partial charge in [0, 0.05) is 5.92 Å². The van der Waals surface area contributed by atoms with E-state index in [1.807, 2.05) is 0 Å². The summed E-state index contributed by atoms with van der Waals surface area (Å²) in [4.78, 5) is 0. The monoisotopic (exact) mass is 149 g/mol. The summed E-state index contributed by atoms with van der Waals surface area (Å²) in [7, 11) is 0. The predicted octanol–water partition coefficient (Wildman–Crippen LogP) is -0.400. The van der Waals surface area contributed by atoms with E-state index in [1.165, 1.54) is 0 Å². The van der Waals surface area contributed by atoms with Gasteiger partial charge in [-0.2, -0.15) is 0 Å². The molecule has 0 rings (SSSR count). The average molecular weight is 149 g/mol. The summed E-state index contributed by atoms with van der Waals surface area (Å²) in [5.41, 5.74) is 0. The molecule has 0 aliphatic heterocycles. The van der Waals surface area contributed by atoms with Gasteiger partial charge in [-0.25, -0.2) is 0 Å². The third-order valence-electron chi connectivity index (χ3n) is 1.28. The lowest BCUT2D eigenvalue weighted by Crippen LogP contribution is -2.19. The molecule has 0 spiro atoms. The van der Waals surface area contributed by atoms with Crippen molar-refractivity contribution in [2.45, 2.75) is 19.4 Å². The highest BCUT2D eigenvalue weighted by molar-refractivity contribution is 4.71. The van der Waals surface area contributed by atoms with E-state index in [-0.39, 0.29) is 13.0 Å². The van der Waals surface area contributed by atoms with Crippen LogP contribution in [-0.4, -0.2) is 33.1 Å². The summed E-state index contributed by atoms with van der Waals surface area (Å²) in [6.07, 6.45) is -1.41. The molecule has 0 aromatic carbocycles. The van der Waals surface area contributed by atoms with E-state index in [2.05, 4.69) is 0 Å². The van der Waals surface area contributed by atoms with Crippen molar-refractivity contribution < 1.29 is 20.4 Å². The number of hydrogen-bond donors (Lipinski definition) is 4. The molecule has 0 saturated heterocycles. The van der Waals surface area contributed by atoms with E-state index >= 15 is 0 Å². The molecule has 61 valence electrons. The molecule has 4 heteroatoms. The van der Waals surface area contributed by atoms with Crippen LogP contribution in [0, 0.1) is 12.2 Å². The van der Waals surface area contributed by atoms with Crippen LogP contribution in [-0.2, 0) is 0 Å². The van der Waals surface area contributed by atoms with E-state index in [1.54, 1.807) is 6.92 Å². The van der Waals surface area contributed by atoms with E-state index < -0.39 is 18.3 Å². The highest BCUT2D eigenvalue weighted by atomic mass is 16.5. The molecule has 2 unspecified atom stereocenters. The van der Waals surface area contributed by atoms with Crippen LogP contribution < -0.4 is 0 Å². The van der Waals surface area contributed by atoms with Crippen molar-refractivity contribution in [2.75, 3.05) is 6.61 Å². The van der Waals surface area contributed by atoms with E-state index in [0.29, 0.717) is 0 Å². The van der Waals surface area contributed by atoms with Gasteiger partial charge in [-0.05, 0) is 6.42 Å². The van der Waals surface area contributed by atoms with Crippen LogP contribution >= 0.6 is 0 Å². The molecule has 4 nitrogen and oxygen atoms in total. The quantitative estimate of drug-likeness (QED) is 0.438. The topological polar surface area (TPSA) is 80.9 Å². The molecular formula is C6H13O4.